The molecule has 0 saturated carbocycles. The highest BCUT2D eigenvalue weighted by Gasteiger charge is 2.40. The molecule has 1 heterocycles. The number of hydrogen-bond donors (Lipinski definition) is 6. The number of likely N-dealkylation sites (tertiary alicyclic amines) is 1. The number of aromatic hydroxyl groups is 1. The molecule has 1 aliphatic heterocycles. The van der Waals surface area contributed by atoms with Crippen molar-refractivity contribution >= 4 is 35.4 Å². The van der Waals surface area contributed by atoms with Crippen LogP contribution in [0.3, 0.4) is 0 Å². The number of nitrogens with one attached hydrogen (secondary N) is 4. The summed E-state index contributed by atoms with van der Waals surface area (Å²) in [5.41, 5.74) is 6.21. The van der Waals surface area contributed by atoms with Crippen LogP contribution in [-0.4, -0.2) is 82.2 Å². The Morgan fingerprint density at radius 2 is 1.37 bits per heavy atom. The Balaban J connectivity index is 2.25. The van der Waals surface area contributed by atoms with E-state index in [1.165, 1.54) is 24.0 Å². The molecule has 1 aliphatic rings. The summed E-state index contributed by atoms with van der Waals surface area (Å²) in [5.74, 6) is -3.89. The van der Waals surface area contributed by atoms with E-state index in [-0.39, 0.29) is 29.9 Å². The van der Waals surface area contributed by atoms with Crippen LogP contribution in [0.1, 0.15) is 79.7 Å². The third-order valence-corrected chi connectivity index (χ3v) is 8.75. The van der Waals surface area contributed by atoms with Crippen LogP contribution in [0.2, 0.25) is 0 Å². The third-order valence-electron chi connectivity index (χ3n) is 8.75. The molecule has 13 nitrogen and oxygen atoms in total. The molecule has 0 bridgehead atoms. The molecule has 0 spiro atoms. The van der Waals surface area contributed by atoms with Crippen LogP contribution < -0.4 is 27.0 Å². The summed E-state index contributed by atoms with van der Waals surface area (Å²) in [6.07, 6.45) is 2.19. The van der Waals surface area contributed by atoms with Gasteiger partial charge in [-0.05, 0) is 48.3 Å². The Labute approximate surface area is 271 Å². The van der Waals surface area contributed by atoms with Crippen molar-refractivity contribution in [3.8, 4) is 5.75 Å². The maximum absolute atomic E-state index is 13.7. The van der Waals surface area contributed by atoms with E-state index in [0.29, 0.717) is 37.8 Å². The molecule has 0 aliphatic carbocycles. The minimum Gasteiger partial charge on any atom is -0.508 e. The van der Waals surface area contributed by atoms with Crippen LogP contribution in [0.25, 0.3) is 0 Å². The predicted octanol–water partition coefficient (Wildman–Crippen LogP) is 1.12. The summed E-state index contributed by atoms with van der Waals surface area (Å²) < 4.78 is 0. The molecular weight excluding hydrogens is 592 g/mol. The molecule has 46 heavy (non-hydrogen) atoms. The molecule has 1 aromatic rings. The van der Waals surface area contributed by atoms with Crippen LogP contribution in [0.4, 0.5) is 0 Å². The van der Waals surface area contributed by atoms with Crippen molar-refractivity contribution in [1.82, 2.24) is 26.2 Å². The predicted molar refractivity (Wildman–Crippen MR) is 173 cm³/mol. The summed E-state index contributed by atoms with van der Waals surface area (Å²) in [6, 6.07) is 1.60. The van der Waals surface area contributed by atoms with Gasteiger partial charge >= 0.3 is 0 Å². The summed E-state index contributed by atoms with van der Waals surface area (Å²) in [5, 5.41) is 20.6. The van der Waals surface area contributed by atoms with Gasteiger partial charge in [-0.3, -0.25) is 28.8 Å². The second-order valence-electron chi connectivity index (χ2n) is 12.7. The molecule has 0 aromatic heterocycles. The van der Waals surface area contributed by atoms with Gasteiger partial charge in [0.15, 0.2) is 0 Å². The minimum atomic E-state index is -1.01. The van der Waals surface area contributed by atoms with Crippen molar-refractivity contribution in [3.63, 3.8) is 0 Å². The van der Waals surface area contributed by atoms with E-state index in [0.717, 1.165) is 0 Å². The highest BCUT2D eigenvalue weighted by molar-refractivity contribution is 5.96. The molecule has 0 unspecified atom stereocenters. The van der Waals surface area contributed by atoms with Crippen molar-refractivity contribution in [2.24, 2.45) is 23.5 Å². The summed E-state index contributed by atoms with van der Waals surface area (Å²) >= 11 is 0. The molecule has 256 valence electrons. The Kier molecular flexibility index (Phi) is 14.5. The standard InChI is InChI=1S/C33H52N6O7/c1-8-19(5)27(32(45)38-28(20(6)9-2)31(44)36-26(18(3)4)29(34)42)37-30(43)25-11-10-16-39(25)33(46)24(35-21(7)40)17-22-12-14-23(41)15-13-22/h12-15,18-20,24-28,41H,8-11,16-17H2,1-7H3,(H2,34,42)(H,35,40)(H,36,44)(H,37,43)(H,38,45)/t19-,20-,24-,25-,26-,27-,28-/m0/s1. The van der Waals surface area contributed by atoms with Gasteiger partial charge in [0.25, 0.3) is 0 Å². The number of carbonyl (C=O) groups is 6. The first-order valence-corrected chi connectivity index (χ1v) is 16.2. The largest absolute Gasteiger partial charge is 0.508 e. The normalized spacial score (nSPS) is 18.4. The van der Waals surface area contributed by atoms with Gasteiger partial charge < -0.3 is 37.0 Å². The monoisotopic (exact) mass is 644 g/mol. The molecule has 7 atom stereocenters. The summed E-state index contributed by atoms with van der Waals surface area (Å²) in [4.78, 5) is 79.8. The highest BCUT2D eigenvalue weighted by Crippen LogP contribution is 2.22. The Hall–Kier alpha value is -4.16. The molecule has 6 amide bonds. The van der Waals surface area contributed by atoms with Crippen LogP contribution in [0.15, 0.2) is 24.3 Å². The zero-order valence-electron chi connectivity index (χ0n) is 28.1. The van der Waals surface area contributed by atoms with Crippen molar-refractivity contribution in [2.45, 2.75) is 111 Å². The van der Waals surface area contributed by atoms with Crippen LogP contribution in [0, 0.1) is 17.8 Å². The first-order chi connectivity index (χ1) is 21.6. The van der Waals surface area contributed by atoms with Crippen molar-refractivity contribution in [3.05, 3.63) is 29.8 Å². The Bertz CT molecular complexity index is 1240. The number of nitrogens with two attached hydrogens (primary N) is 1. The average molecular weight is 645 g/mol. The zero-order valence-corrected chi connectivity index (χ0v) is 28.1. The number of phenols is 1. The van der Waals surface area contributed by atoms with E-state index >= 15 is 0 Å². The van der Waals surface area contributed by atoms with E-state index in [4.69, 9.17) is 5.73 Å². The molecule has 0 radical (unpaired) electrons. The number of amides is 6. The number of benzene rings is 1. The fraction of sp³-hybridized carbons (Fsp3) is 0.636. The summed E-state index contributed by atoms with van der Waals surface area (Å²) in [7, 11) is 0. The van der Waals surface area contributed by atoms with Crippen LogP contribution >= 0.6 is 0 Å². The lowest BCUT2D eigenvalue weighted by Crippen LogP contribution is -2.61. The van der Waals surface area contributed by atoms with E-state index in [2.05, 4.69) is 21.3 Å². The lowest BCUT2D eigenvalue weighted by Gasteiger charge is -2.32. The number of primary amides is 1. The number of rotatable bonds is 16. The topological polar surface area (TPSA) is 200 Å². The second-order valence-corrected chi connectivity index (χ2v) is 12.7. The van der Waals surface area contributed by atoms with Gasteiger partial charge in [0.2, 0.25) is 35.4 Å². The van der Waals surface area contributed by atoms with Gasteiger partial charge in [0.1, 0.15) is 36.0 Å². The third kappa shape index (κ3) is 10.4. The van der Waals surface area contributed by atoms with Crippen molar-refractivity contribution < 1.29 is 33.9 Å². The second kappa shape index (κ2) is 17.5. The van der Waals surface area contributed by atoms with Crippen molar-refractivity contribution in [2.75, 3.05) is 6.54 Å². The first-order valence-electron chi connectivity index (χ1n) is 16.2. The minimum absolute atomic E-state index is 0.0730. The van der Waals surface area contributed by atoms with E-state index in [9.17, 15) is 33.9 Å². The molecule has 2 rings (SSSR count). The number of hydrogen-bond acceptors (Lipinski definition) is 7. The smallest absolute Gasteiger partial charge is 0.246 e. The Morgan fingerprint density at radius 1 is 0.848 bits per heavy atom. The van der Waals surface area contributed by atoms with Crippen LogP contribution in [0.5, 0.6) is 5.75 Å². The molecular formula is C33H52N6O7. The van der Waals surface area contributed by atoms with E-state index in [1.54, 1.807) is 26.0 Å². The van der Waals surface area contributed by atoms with Crippen molar-refractivity contribution in [1.29, 1.82) is 0 Å². The maximum Gasteiger partial charge on any atom is 0.246 e. The quantitative estimate of drug-likeness (QED) is 0.155. The van der Waals surface area contributed by atoms with Crippen LogP contribution in [-0.2, 0) is 35.2 Å². The van der Waals surface area contributed by atoms with Gasteiger partial charge in [-0.15, -0.1) is 0 Å². The number of phenolic OH excluding ortho intramolecular Hbond substituents is 1. The van der Waals surface area contributed by atoms with Gasteiger partial charge in [0.05, 0.1) is 0 Å². The van der Waals surface area contributed by atoms with Gasteiger partial charge in [-0.1, -0.05) is 66.5 Å². The first kappa shape index (κ1) is 38.0. The van der Waals surface area contributed by atoms with E-state index in [1.807, 2.05) is 27.7 Å². The fourth-order valence-electron chi connectivity index (χ4n) is 5.52. The highest BCUT2D eigenvalue weighted by atomic mass is 16.3. The van der Waals surface area contributed by atoms with Gasteiger partial charge in [0, 0.05) is 19.9 Å². The maximum atomic E-state index is 13.7. The lowest BCUT2D eigenvalue weighted by atomic mass is 9.94. The van der Waals surface area contributed by atoms with E-state index < -0.39 is 65.7 Å². The van der Waals surface area contributed by atoms with Gasteiger partial charge in [-0.25, -0.2) is 0 Å². The molecule has 1 aromatic carbocycles. The SMILES string of the molecule is CC[C@H](C)[C@H](NC(=O)[C@@H](NC(=O)[C@@H]1CCCN1C(=O)[C@H](Cc1ccc(O)cc1)NC(C)=O)[C@@H](C)CC)C(=O)N[C@H](C(N)=O)C(C)C. The summed E-state index contributed by atoms with van der Waals surface area (Å²) in [6.45, 7) is 12.5. The molecule has 1 saturated heterocycles. The molecule has 1 fully saturated rings. The zero-order chi connectivity index (χ0) is 34.7. The fourth-order valence-corrected chi connectivity index (χ4v) is 5.52. The Morgan fingerprint density at radius 3 is 1.85 bits per heavy atom. The van der Waals surface area contributed by atoms with Gasteiger partial charge in [-0.2, -0.15) is 0 Å². The lowest BCUT2D eigenvalue weighted by molar-refractivity contribution is -0.142. The molecule has 7 N–H and O–H groups in total. The molecule has 13 heteroatoms. The number of nitrogens with zero attached hydrogens (tertiary/aromatic N) is 1. The number of carbonyl (C=O) groups excluding carboxylic acids is 6. The average Bonchev–Trinajstić information content (AvgIpc) is 3.50.